The number of rotatable bonds is 5. The predicted molar refractivity (Wildman–Crippen MR) is 77.8 cm³/mol. The molecular formula is C12H21N5S. The molecule has 0 radical (unpaired) electrons. The predicted octanol–water partition coefficient (Wildman–Crippen LogP) is 2.16. The SMILES string of the molecule is CCSC1CCCC1Nc1cc(C)nc(NN)n1. The lowest BCUT2D eigenvalue weighted by Crippen LogP contribution is -2.27. The van der Waals surface area contributed by atoms with E-state index in [4.69, 9.17) is 5.84 Å². The Hall–Kier alpha value is -1.01. The standard InChI is InChI=1S/C12H21N5S/c1-3-18-10-6-4-5-9(10)15-11-7-8(2)14-12(16-11)17-13/h7,9-10H,3-6,13H2,1-2H3,(H2,14,15,16,17). The summed E-state index contributed by atoms with van der Waals surface area (Å²) >= 11 is 2.03. The number of nitrogen functional groups attached to an aromatic ring is 1. The smallest absolute Gasteiger partial charge is 0.239 e. The van der Waals surface area contributed by atoms with Crippen molar-refractivity contribution in [3.8, 4) is 0 Å². The van der Waals surface area contributed by atoms with Crippen LogP contribution in [0.4, 0.5) is 11.8 Å². The van der Waals surface area contributed by atoms with Gasteiger partial charge in [0.25, 0.3) is 0 Å². The number of nitrogens with zero attached hydrogens (tertiary/aromatic N) is 2. The molecule has 2 atom stereocenters. The van der Waals surface area contributed by atoms with Crippen LogP contribution in [0.25, 0.3) is 0 Å². The molecule has 1 saturated carbocycles. The summed E-state index contributed by atoms with van der Waals surface area (Å²) in [5.74, 6) is 7.86. The van der Waals surface area contributed by atoms with Gasteiger partial charge in [0.05, 0.1) is 0 Å². The topological polar surface area (TPSA) is 75.9 Å². The van der Waals surface area contributed by atoms with E-state index in [0.717, 1.165) is 11.5 Å². The van der Waals surface area contributed by atoms with Gasteiger partial charge in [-0.1, -0.05) is 13.3 Å². The van der Waals surface area contributed by atoms with Gasteiger partial charge < -0.3 is 5.32 Å². The van der Waals surface area contributed by atoms with Gasteiger partial charge in [0, 0.05) is 23.1 Å². The number of nitrogens with two attached hydrogens (primary N) is 1. The second-order valence-corrected chi connectivity index (χ2v) is 6.05. The Morgan fingerprint density at radius 3 is 3.00 bits per heavy atom. The third-order valence-electron chi connectivity index (χ3n) is 3.15. The largest absolute Gasteiger partial charge is 0.366 e. The van der Waals surface area contributed by atoms with Crippen LogP contribution < -0.4 is 16.6 Å². The Balaban J connectivity index is 2.06. The molecule has 1 aromatic rings. The van der Waals surface area contributed by atoms with Crippen molar-refractivity contribution in [2.45, 2.75) is 44.4 Å². The van der Waals surface area contributed by atoms with Crippen molar-refractivity contribution in [2.75, 3.05) is 16.5 Å². The van der Waals surface area contributed by atoms with Crippen LogP contribution >= 0.6 is 11.8 Å². The van der Waals surface area contributed by atoms with Crippen molar-refractivity contribution in [3.05, 3.63) is 11.8 Å². The molecule has 1 aliphatic carbocycles. The van der Waals surface area contributed by atoms with Gasteiger partial charge >= 0.3 is 0 Å². The molecule has 0 saturated heterocycles. The monoisotopic (exact) mass is 267 g/mol. The quantitative estimate of drug-likeness (QED) is 0.560. The molecular weight excluding hydrogens is 246 g/mol. The maximum atomic E-state index is 5.36. The fraction of sp³-hybridized carbons (Fsp3) is 0.667. The highest BCUT2D eigenvalue weighted by Gasteiger charge is 2.27. The van der Waals surface area contributed by atoms with E-state index >= 15 is 0 Å². The minimum absolute atomic E-state index is 0.468. The van der Waals surface area contributed by atoms with Crippen molar-refractivity contribution in [3.63, 3.8) is 0 Å². The van der Waals surface area contributed by atoms with Crippen LogP contribution in [0, 0.1) is 6.92 Å². The zero-order valence-electron chi connectivity index (χ0n) is 10.9. The lowest BCUT2D eigenvalue weighted by atomic mass is 10.2. The molecule has 0 amide bonds. The summed E-state index contributed by atoms with van der Waals surface area (Å²) in [7, 11) is 0. The van der Waals surface area contributed by atoms with E-state index in [-0.39, 0.29) is 0 Å². The molecule has 1 fully saturated rings. The maximum absolute atomic E-state index is 5.36. The first-order chi connectivity index (χ1) is 8.72. The fourth-order valence-electron chi connectivity index (χ4n) is 2.40. The molecule has 18 heavy (non-hydrogen) atoms. The number of hydrogen-bond donors (Lipinski definition) is 3. The first kappa shape index (κ1) is 13.4. The summed E-state index contributed by atoms with van der Waals surface area (Å²) in [6.45, 7) is 4.16. The van der Waals surface area contributed by atoms with Crippen LogP contribution in [0.15, 0.2) is 6.07 Å². The fourth-order valence-corrected chi connectivity index (χ4v) is 3.60. The van der Waals surface area contributed by atoms with Crippen molar-refractivity contribution < 1.29 is 0 Å². The van der Waals surface area contributed by atoms with Crippen LogP contribution in [0.3, 0.4) is 0 Å². The van der Waals surface area contributed by atoms with Gasteiger partial charge in [-0.25, -0.2) is 10.8 Å². The molecule has 2 unspecified atom stereocenters. The minimum Gasteiger partial charge on any atom is -0.366 e. The summed E-state index contributed by atoms with van der Waals surface area (Å²) in [6, 6.07) is 2.47. The van der Waals surface area contributed by atoms with E-state index in [1.54, 1.807) is 0 Å². The van der Waals surface area contributed by atoms with Crippen LogP contribution in [0.1, 0.15) is 31.9 Å². The van der Waals surface area contributed by atoms with Crippen LogP contribution in [0.5, 0.6) is 0 Å². The average Bonchev–Trinajstić information content (AvgIpc) is 2.76. The first-order valence-electron chi connectivity index (χ1n) is 6.43. The average molecular weight is 267 g/mol. The normalized spacial score (nSPS) is 23.1. The van der Waals surface area contributed by atoms with E-state index in [2.05, 4.69) is 27.6 Å². The van der Waals surface area contributed by atoms with Crippen molar-refractivity contribution in [2.24, 2.45) is 5.84 Å². The number of thioether (sulfide) groups is 1. The van der Waals surface area contributed by atoms with Gasteiger partial charge in [-0.05, 0) is 25.5 Å². The third kappa shape index (κ3) is 3.26. The summed E-state index contributed by atoms with van der Waals surface area (Å²) < 4.78 is 0. The highest BCUT2D eigenvalue weighted by Crippen LogP contribution is 2.31. The molecule has 5 nitrogen and oxygen atoms in total. The van der Waals surface area contributed by atoms with Gasteiger partial charge in [0.15, 0.2) is 0 Å². The van der Waals surface area contributed by atoms with Gasteiger partial charge in [0.1, 0.15) is 5.82 Å². The molecule has 2 rings (SSSR count). The number of aryl methyl sites for hydroxylation is 1. The van der Waals surface area contributed by atoms with Crippen molar-refractivity contribution in [1.82, 2.24) is 9.97 Å². The zero-order chi connectivity index (χ0) is 13.0. The number of hydrogen-bond acceptors (Lipinski definition) is 6. The van der Waals surface area contributed by atoms with E-state index < -0.39 is 0 Å². The second-order valence-electron chi connectivity index (χ2n) is 4.54. The van der Waals surface area contributed by atoms with Gasteiger partial charge in [0.2, 0.25) is 5.95 Å². The second kappa shape index (κ2) is 6.24. The van der Waals surface area contributed by atoms with Gasteiger partial charge in [-0.3, -0.25) is 5.43 Å². The first-order valence-corrected chi connectivity index (χ1v) is 7.48. The van der Waals surface area contributed by atoms with E-state index in [0.29, 0.717) is 17.2 Å². The number of aromatic nitrogens is 2. The lowest BCUT2D eigenvalue weighted by molar-refractivity contribution is 0.761. The van der Waals surface area contributed by atoms with E-state index in [1.165, 1.54) is 25.0 Å². The highest BCUT2D eigenvalue weighted by molar-refractivity contribution is 7.99. The summed E-state index contributed by atoms with van der Waals surface area (Å²) in [6.07, 6.45) is 3.80. The van der Waals surface area contributed by atoms with E-state index in [1.807, 2.05) is 24.8 Å². The van der Waals surface area contributed by atoms with Gasteiger partial charge in [-0.2, -0.15) is 16.7 Å². The molecule has 1 heterocycles. The Kier molecular flexibility index (Phi) is 4.66. The Morgan fingerprint density at radius 1 is 1.44 bits per heavy atom. The lowest BCUT2D eigenvalue weighted by Gasteiger charge is -2.21. The molecule has 0 bridgehead atoms. The van der Waals surface area contributed by atoms with Crippen molar-refractivity contribution in [1.29, 1.82) is 0 Å². The van der Waals surface area contributed by atoms with Crippen LogP contribution in [-0.4, -0.2) is 27.0 Å². The molecule has 6 heteroatoms. The molecule has 1 aliphatic rings. The molecule has 0 spiro atoms. The highest BCUT2D eigenvalue weighted by atomic mass is 32.2. The van der Waals surface area contributed by atoms with Gasteiger partial charge in [-0.15, -0.1) is 0 Å². The molecule has 0 aromatic carbocycles. The maximum Gasteiger partial charge on any atom is 0.239 e. The summed E-state index contributed by atoms with van der Waals surface area (Å²) in [5, 5.41) is 4.22. The van der Waals surface area contributed by atoms with Crippen LogP contribution in [0.2, 0.25) is 0 Å². The number of anilines is 2. The molecule has 0 aliphatic heterocycles. The Labute approximate surface area is 112 Å². The molecule has 100 valence electrons. The molecule has 1 aromatic heterocycles. The van der Waals surface area contributed by atoms with Crippen molar-refractivity contribution >= 4 is 23.5 Å². The summed E-state index contributed by atoms with van der Waals surface area (Å²) in [5.41, 5.74) is 3.42. The zero-order valence-corrected chi connectivity index (χ0v) is 11.8. The number of nitrogens with one attached hydrogen (secondary N) is 2. The third-order valence-corrected chi connectivity index (χ3v) is 4.48. The molecule has 4 N–H and O–H groups in total. The Bertz CT molecular complexity index is 398. The van der Waals surface area contributed by atoms with Crippen LogP contribution in [-0.2, 0) is 0 Å². The number of hydrazine groups is 1. The summed E-state index contributed by atoms with van der Waals surface area (Å²) in [4.78, 5) is 8.53. The Morgan fingerprint density at radius 2 is 2.28 bits per heavy atom. The van der Waals surface area contributed by atoms with E-state index in [9.17, 15) is 0 Å². The minimum atomic E-state index is 0.468.